The summed E-state index contributed by atoms with van der Waals surface area (Å²) in [6, 6.07) is 17.5. The van der Waals surface area contributed by atoms with Crippen molar-refractivity contribution in [1.29, 1.82) is 0 Å². The highest BCUT2D eigenvalue weighted by Crippen LogP contribution is 2.26. The number of aliphatic hydroxyl groups excluding tert-OH is 2. The highest BCUT2D eigenvalue weighted by atomic mass is 16.5. The van der Waals surface area contributed by atoms with Gasteiger partial charge in [-0.05, 0) is 60.8 Å². The molecule has 0 radical (unpaired) electrons. The molecule has 3 rings (SSSR count). The van der Waals surface area contributed by atoms with Crippen molar-refractivity contribution in [2.45, 2.75) is 52.4 Å². The largest absolute Gasteiger partial charge is 0.508 e. The van der Waals surface area contributed by atoms with Crippen LogP contribution in [0.5, 0.6) is 17.2 Å². The van der Waals surface area contributed by atoms with Gasteiger partial charge in [0.2, 0.25) is 0 Å². The zero-order valence-electron chi connectivity index (χ0n) is 24.8. The van der Waals surface area contributed by atoms with Crippen molar-refractivity contribution in [2.24, 2.45) is 0 Å². The van der Waals surface area contributed by atoms with Crippen molar-refractivity contribution >= 4 is 11.9 Å². The number of ether oxygens (including phenoxy) is 3. The Morgan fingerprint density at radius 3 is 2.49 bits per heavy atom. The normalized spacial score (nSPS) is 11.6. The van der Waals surface area contributed by atoms with Crippen molar-refractivity contribution in [2.75, 3.05) is 32.8 Å². The van der Waals surface area contributed by atoms with Crippen LogP contribution in [0.25, 0.3) is 0 Å². The molecule has 0 aliphatic carbocycles. The van der Waals surface area contributed by atoms with E-state index in [0.29, 0.717) is 60.9 Å². The van der Waals surface area contributed by atoms with Gasteiger partial charge in [0.05, 0.1) is 31.5 Å². The van der Waals surface area contributed by atoms with Crippen molar-refractivity contribution in [3.05, 3.63) is 88.5 Å². The van der Waals surface area contributed by atoms with Crippen molar-refractivity contribution < 1.29 is 39.1 Å². The summed E-state index contributed by atoms with van der Waals surface area (Å²) in [6.07, 6.45) is 1.82. The molecule has 10 heteroatoms. The molecule has 232 valence electrons. The third-order valence-corrected chi connectivity index (χ3v) is 6.67. The Balaban J connectivity index is 1.39. The molecule has 1 atom stereocenters. The van der Waals surface area contributed by atoms with Crippen molar-refractivity contribution in [3.63, 3.8) is 0 Å². The van der Waals surface area contributed by atoms with E-state index in [-0.39, 0.29) is 30.6 Å². The van der Waals surface area contributed by atoms with Gasteiger partial charge in [-0.3, -0.25) is 9.59 Å². The van der Waals surface area contributed by atoms with Gasteiger partial charge in [-0.1, -0.05) is 43.7 Å². The van der Waals surface area contributed by atoms with Gasteiger partial charge >= 0.3 is 5.97 Å². The van der Waals surface area contributed by atoms with Crippen LogP contribution in [-0.4, -0.2) is 60.0 Å². The highest BCUT2D eigenvalue weighted by molar-refractivity contribution is 5.98. The van der Waals surface area contributed by atoms with Crippen LogP contribution in [0, 0.1) is 0 Å². The predicted molar refractivity (Wildman–Crippen MR) is 162 cm³/mol. The van der Waals surface area contributed by atoms with Gasteiger partial charge in [0.25, 0.3) is 5.91 Å². The molecule has 0 aromatic heterocycles. The molecule has 5 N–H and O–H groups in total. The first-order valence-electron chi connectivity index (χ1n) is 14.5. The summed E-state index contributed by atoms with van der Waals surface area (Å²) in [5.41, 5.74) is 3.01. The summed E-state index contributed by atoms with van der Waals surface area (Å²) >= 11 is 0. The monoisotopic (exact) mass is 594 g/mol. The number of carbonyl (C=O) groups excluding carboxylic acids is 2. The smallest absolute Gasteiger partial charge is 0.308 e. The fourth-order valence-corrected chi connectivity index (χ4v) is 4.30. The van der Waals surface area contributed by atoms with Crippen LogP contribution in [0.3, 0.4) is 0 Å². The van der Waals surface area contributed by atoms with Gasteiger partial charge in [-0.15, -0.1) is 0 Å². The molecular weight excluding hydrogens is 552 g/mol. The fraction of sp³-hybridized carbons (Fsp3) is 0.394. The Morgan fingerprint density at radius 1 is 0.977 bits per heavy atom. The highest BCUT2D eigenvalue weighted by Gasteiger charge is 2.18. The SMILES string of the molecule is CCCCNC(=O)c1cccc(COCCOc2ccc(CCNC[C@H](O)c3ccc(O)c(CO)c3)cc2)c1OC(C)=O. The van der Waals surface area contributed by atoms with Gasteiger partial charge in [0.15, 0.2) is 0 Å². The second-order valence-electron chi connectivity index (χ2n) is 10.1. The Kier molecular flexibility index (Phi) is 13.9. The van der Waals surface area contributed by atoms with Gasteiger partial charge in [0.1, 0.15) is 23.9 Å². The van der Waals surface area contributed by atoms with Crippen LogP contribution in [0.15, 0.2) is 60.7 Å². The third kappa shape index (κ3) is 11.0. The number of unbranched alkanes of at least 4 members (excludes halogenated alkanes) is 1. The number of esters is 1. The van der Waals surface area contributed by atoms with Gasteiger partial charge in [-0.25, -0.2) is 0 Å². The average Bonchev–Trinajstić information content (AvgIpc) is 3.00. The predicted octanol–water partition coefficient (Wildman–Crippen LogP) is 3.80. The Bertz CT molecular complexity index is 1310. The first-order chi connectivity index (χ1) is 20.8. The number of benzene rings is 3. The summed E-state index contributed by atoms with van der Waals surface area (Å²) in [5.74, 6) is 0.113. The summed E-state index contributed by atoms with van der Waals surface area (Å²) in [6.45, 7) is 5.35. The number of amides is 1. The molecule has 3 aromatic carbocycles. The minimum absolute atomic E-state index is 0.00647. The van der Waals surface area contributed by atoms with E-state index in [1.807, 2.05) is 31.2 Å². The number of phenols is 1. The van der Waals surface area contributed by atoms with E-state index in [9.17, 15) is 24.9 Å². The Labute approximate surface area is 252 Å². The lowest BCUT2D eigenvalue weighted by molar-refractivity contribution is -0.132. The molecular formula is C33H42N2O8. The van der Waals surface area contributed by atoms with Crippen molar-refractivity contribution in [3.8, 4) is 17.2 Å². The molecule has 0 spiro atoms. The lowest BCUT2D eigenvalue weighted by Gasteiger charge is -2.15. The maximum absolute atomic E-state index is 12.6. The van der Waals surface area contributed by atoms with Crippen LogP contribution >= 0.6 is 0 Å². The maximum atomic E-state index is 12.6. The van der Waals surface area contributed by atoms with E-state index >= 15 is 0 Å². The summed E-state index contributed by atoms with van der Waals surface area (Å²) in [4.78, 5) is 24.3. The van der Waals surface area contributed by atoms with Gasteiger partial charge in [0, 0.05) is 31.1 Å². The molecule has 0 saturated heterocycles. The van der Waals surface area contributed by atoms with Gasteiger partial charge in [-0.2, -0.15) is 0 Å². The molecule has 3 aromatic rings. The van der Waals surface area contributed by atoms with Crippen LogP contribution in [0.1, 0.15) is 65.4 Å². The molecule has 10 nitrogen and oxygen atoms in total. The zero-order valence-corrected chi connectivity index (χ0v) is 24.8. The molecule has 0 bridgehead atoms. The Morgan fingerprint density at radius 2 is 1.77 bits per heavy atom. The second kappa shape index (κ2) is 17.9. The maximum Gasteiger partial charge on any atom is 0.308 e. The molecule has 43 heavy (non-hydrogen) atoms. The zero-order chi connectivity index (χ0) is 31.0. The van der Waals surface area contributed by atoms with E-state index in [1.54, 1.807) is 30.3 Å². The number of aromatic hydroxyl groups is 1. The number of rotatable bonds is 18. The first-order valence-corrected chi connectivity index (χ1v) is 14.5. The minimum Gasteiger partial charge on any atom is -0.508 e. The Hall–Kier alpha value is -3.96. The molecule has 0 fully saturated rings. The van der Waals surface area contributed by atoms with E-state index in [0.717, 1.165) is 24.8 Å². The molecule has 0 aliphatic rings. The number of hydrogen-bond donors (Lipinski definition) is 5. The second-order valence-corrected chi connectivity index (χ2v) is 10.1. The number of aliphatic hydroxyl groups is 2. The lowest BCUT2D eigenvalue weighted by atomic mass is 10.1. The van der Waals surface area contributed by atoms with E-state index in [1.165, 1.54) is 13.0 Å². The molecule has 0 aliphatic heterocycles. The standard InChI is InChI=1S/C33H42N2O8/c1-3-4-15-35-33(40)29-7-5-6-26(32(29)43-23(2)37)22-41-17-18-42-28-11-8-24(9-12-28)14-16-34-20-31(39)25-10-13-30(38)27(19-25)21-36/h5-13,19,31,34,36,38-39H,3-4,14-18,20-22H2,1-2H3,(H,35,40)/t31-/m0/s1. The first kappa shape index (κ1) is 33.5. The topological polar surface area (TPSA) is 147 Å². The summed E-state index contributed by atoms with van der Waals surface area (Å²) in [7, 11) is 0. The van der Waals surface area contributed by atoms with E-state index < -0.39 is 12.1 Å². The van der Waals surface area contributed by atoms with Gasteiger partial charge < -0.3 is 40.2 Å². The quantitative estimate of drug-likeness (QED) is 0.0843. The van der Waals surface area contributed by atoms with Crippen LogP contribution < -0.4 is 20.1 Å². The number of para-hydroxylation sites is 1. The lowest BCUT2D eigenvalue weighted by Crippen LogP contribution is -2.25. The molecule has 0 unspecified atom stereocenters. The van der Waals surface area contributed by atoms with Crippen molar-refractivity contribution in [1.82, 2.24) is 10.6 Å². The van der Waals surface area contributed by atoms with E-state index in [4.69, 9.17) is 14.2 Å². The number of carbonyl (C=O) groups is 2. The summed E-state index contributed by atoms with van der Waals surface area (Å²) < 4.78 is 16.9. The fourth-order valence-electron chi connectivity index (χ4n) is 4.30. The molecule has 1 amide bonds. The number of nitrogens with one attached hydrogen (secondary N) is 2. The molecule has 0 heterocycles. The van der Waals surface area contributed by atoms with E-state index in [2.05, 4.69) is 10.6 Å². The molecule has 0 saturated carbocycles. The minimum atomic E-state index is -0.754. The summed E-state index contributed by atoms with van der Waals surface area (Å²) in [5, 5.41) is 35.4. The number of hydrogen-bond acceptors (Lipinski definition) is 9. The van der Waals surface area contributed by atoms with Crippen LogP contribution in [0.4, 0.5) is 0 Å². The van der Waals surface area contributed by atoms with Crippen LogP contribution in [-0.2, 0) is 29.2 Å². The van der Waals surface area contributed by atoms with Crippen LogP contribution in [0.2, 0.25) is 0 Å². The average molecular weight is 595 g/mol. The third-order valence-electron chi connectivity index (χ3n) is 6.67.